The molecule has 1 unspecified atom stereocenters. The summed E-state index contributed by atoms with van der Waals surface area (Å²) >= 11 is 5.60. The first-order chi connectivity index (χ1) is 7.65. The molecule has 0 bridgehead atoms. The van der Waals surface area contributed by atoms with Crippen molar-refractivity contribution in [2.24, 2.45) is 0 Å². The molecule has 5 heteroatoms. The molecule has 2 heterocycles. The Morgan fingerprint density at radius 2 is 2.18 bits per heavy atom. The maximum Gasteiger partial charge on any atom is 0.0280 e. The van der Waals surface area contributed by atoms with E-state index in [0.29, 0.717) is 17.9 Å². The first-order valence-corrected chi connectivity index (χ1v) is 6.31. The molecular formula is C12H19ClN3Ni-. The molecule has 1 N–H and O–H groups in total. The molecule has 2 aliphatic heterocycles. The van der Waals surface area contributed by atoms with Crippen molar-refractivity contribution in [1.82, 2.24) is 9.80 Å². The minimum absolute atomic E-state index is 0. The van der Waals surface area contributed by atoms with Crippen molar-refractivity contribution in [3.8, 4) is 0 Å². The van der Waals surface area contributed by atoms with Gasteiger partial charge in [0.15, 0.2) is 0 Å². The van der Waals surface area contributed by atoms with Gasteiger partial charge in [-0.1, -0.05) is 0 Å². The second-order valence-corrected chi connectivity index (χ2v) is 4.98. The molecule has 3 nitrogen and oxygen atoms in total. The number of hydrogen-bond acceptors (Lipinski definition) is 2. The van der Waals surface area contributed by atoms with Crippen LogP contribution in [0.15, 0.2) is 5.57 Å². The number of halogens is 1. The molecule has 0 spiro atoms. The van der Waals surface area contributed by atoms with Crippen LogP contribution in [-0.2, 0) is 16.5 Å². The van der Waals surface area contributed by atoms with Crippen LogP contribution in [0.4, 0.5) is 0 Å². The minimum atomic E-state index is 0. The summed E-state index contributed by atoms with van der Waals surface area (Å²) in [5.74, 6) is 0.572. The maximum absolute atomic E-state index is 8.05. The number of nitrogens with one attached hydrogen (secondary N) is 1. The Balaban J connectivity index is 0.00000144. The average molecular weight is 299 g/mol. The van der Waals surface area contributed by atoms with Gasteiger partial charge in [0.05, 0.1) is 0 Å². The van der Waals surface area contributed by atoms with E-state index in [0.717, 1.165) is 18.5 Å². The third kappa shape index (κ3) is 2.86. The van der Waals surface area contributed by atoms with Crippen LogP contribution in [0.5, 0.6) is 0 Å². The van der Waals surface area contributed by atoms with Gasteiger partial charge in [-0.3, -0.25) is 0 Å². The van der Waals surface area contributed by atoms with Crippen molar-refractivity contribution >= 4 is 17.4 Å². The van der Waals surface area contributed by atoms with E-state index in [1.807, 2.05) is 0 Å². The van der Waals surface area contributed by atoms with E-state index in [-0.39, 0.29) is 16.5 Å². The van der Waals surface area contributed by atoms with Crippen molar-refractivity contribution in [3.63, 3.8) is 0 Å². The van der Waals surface area contributed by atoms with E-state index in [2.05, 4.69) is 29.3 Å². The molecule has 2 aliphatic rings. The van der Waals surface area contributed by atoms with Gasteiger partial charge in [-0.15, -0.1) is 0 Å². The molecule has 2 fully saturated rings. The SMILES string of the molecule is CC([C@@H]1CCCN1C)N1CCC(=[C-]Cl)C1=N.[Ni]. The molecule has 17 heavy (non-hydrogen) atoms. The summed E-state index contributed by atoms with van der Waals surface area (Å²) in [6.07, 6.45) is 3.38. The van der Waals surface area contributed by atoms with Gasteiger partial charge >= 0.3 is 0 Å². The topological polar surface area (TPSA) is 30.3 Å². The van der Waals surface area contributed by atoms with Gasteiger partial charge in [0.1, 0.15) is 0 Å². The normalized spacial score (nSPS) is 29.8. The number of amidine groups is 1. The molecule has 0 aromatic carbocycles. The van der Waals surface area contributed by atoms with Gasteiger partial charge in [-0.25, -0.2) is 11.6 Å². The molecule has 0 radical (unpaired) electrons. The Labute approximate surface area is 119 Å². The third-order valence-electron chi connectivity index (χ3n) is 3.92. The molecule has 0 saturated carbocycles. The summed E-state index contributed by atoms with van der Waals surface area (Å²) in [6, 6.07) is 0.984. The van der Waals surface area contributed by atoms with Gasteiger partial charge in [-0.05, 0) is 45.6 Å². The quantitative estimate of drug-likeness (QED) is 0.625. The Morgan fingerprint density at radius 3 is 2.65 bits per heavy atom. The predicted molar refractivity (Wildman–Crippen MR) is 66.8 cm³/mol. The van der Waals surface area contributed by atoms with E-state index in [4.69, 9.17) is 17.0 Å². The van der Waals surface area contributed by atoms with Crippen LogP contribution in [0.3, 0.4) is 0 Å². The second-order valence-electron chi connectivity index (χ2n) is 4.80. The standard InChI is InChI=1S/C12H19ClN3.Ni/c1-9(11-4-3-6-15(11)2)16-7-5-10(8-13)12(16)14;/h9,11,14H,3-7H2,1-2H3;/q-1;/t9?,11-;/m0./s1. The molecule has 0 aliphatic carbocycles. The maximum atomic E-state index is 8.05. The van der Waals surface area contributed by atoms with Crippen LogP contribution in [0.1, 0.15) is 26.2 Å². The fraction of sp³-hybridized carbons (Fsp3) is 0.750. The molecule has 0 aromatic heterocycles. The Bertz CT molecular complexity index is 319. The van der Waals surface area contributed by atoms with Crippen molar-refractivity contribution in [3.05, 3.63) is 11.1 Å². The Kier molecular flexibility index (Phi) is 5.49. The van der Waals surface area contributed by atoms with Gasteiger partial charge < -0.3 is 15.2 Å². The van der Waals surface area contributed by atoms with Crippen molar-refractivity contribution < 1.29 is 16.5 Å². The molecule has 0 amide bonds. The van der Waals surface area contributed by atoms with E-state index in [1.165, 1.54) is 19.4 Å². The van der Waals surface area contributed by atoms with Crippen LogP contribution in [-0.4, -0.2) is 47.9 Å². The molecule has 100 valence electrons. The fourth-order valence-corrected chi connectivity index (χ4v) is 3.07. The zero-order valence-electron chi connectivity index (χ0n) is 10.3. The van der Waals surface area contributed by atoms with Gasteiger partial charge in [-0.2, -0.15) is 11.1 Å². The average Bonchev–Trinajstić information content (AvgIpc) is 2.84. The fourth-order valence-electron chi connectivity index (χ4n) is 2.89. The summed E-state index contributed by atoms with van der Waals surface area (Å²) in [7, 11) is 2.18. The largest absolute Gasteiger partial charge is 0.430 e. The van der Waals surface area contributed by atoms with Crippen LogP contribution >= 0.6 is 11.6 Å². The first kappa shape index (κ1) is 15.0. The molecule has 2 saturated heterocycles. The summed E-state index contributed by atoms with van der Waals surface area (Å²) in [5, 5.41) is 8.05. The van der Waals surface area contributed by atoms with Crippen molar-refractivity contribution in [2.45, 2.75) is 38.3 Å². The second kappa shape index (κ2) is 6.22. The van der Waals surface area contributed by atoms with Crippen LogP contribution in [0.25, 0.3) is 0 Å². The van der Waals surface area contributed by atoms with Crippen LogP contribution in [0.2, 0.25) is 0 Å². The van der Waals surface area contributed by atoms with Gasteiger partial charge in [0.25, 0.3) is 0 Å². The van der Waals surface area contributed by atoms with Crippen LogP contribution in [0, 0.1) is 10.9 Å². The zero-order valence-corrected chi connectivity index (χ0v) is 12.0. The number of likely N-dealkylation sites (N-methyl/N-ethyl adjacent to an activating group) is 1. The number of hydrogen-bond donors (Lipinski definition) is 1. The predicted octanol–water partition coefficient (Wildman–Crippen LogP) is 2.08. The van der Waals surface area contributed by atoms with E-state index >= 15 is 0 Å². The van der Waals surface area contributed by atoms with E-state index in [1.54, 1.807) is 0 Å². The smallest absolute Gasteiger partial charge is 0.0280 e. The molecule has 2 rings (SSSR count). The van der Waals surface area contributed by atoms with Gasteiger partial charge in [0, 0.05) is 35.1 Å². The number of likely N-dealkylation sites (tertiary alicyclic amines) is 2. The molecule has 0 aromatic rings. The van der Waals surface area contributed by atoms with Crippen molar-refractivity contribution in [1.29, 1.82) is 5.41 Å². The minimum Gasteiger partial charge on any atom is -0.430 e. The monoisotopic (exact) mass is 298 g/mol. The third-order valence-corrected chi connectivity index (χ3v) is 4.14. The summed E-state index contributed by atoms with van der Waals surface area (Å²) < 4.78 is 0. The summed E-state index contributed by atoms with van der Waals surface area (Å²) in [6.45, 7) is 4.32. The first-order valence-electron chi connectivity index (χ1n) is 5.93. The van der Waals surface area contributed by atoms with E-state index < -0.39 is 0 Å². The van der Waals surface area contributed by atoms with Gasteiger partial charge in [0.2, 0.25) is 0 Å². The number of nitrogens with zero attached hydrogens (tertiary/aromatic N) is 2. The molecular weight excluding hydrogens is 280 g/mol. The van der Waals surface area contributed by atoms with E-state index in [9.17, 15) is 0 Å². The Hall–Kier alpha value is -0.0465. The van der Waals surface area contributed by atoms with Crippen LogP contribution < -0.4 is 0 Å². The number of rotatable bonds is 2. The Morgan fingerprint density at radius 1 is 1.47 bits per heavy atom. The zero-order chi connectivity index (χ0) is 11.7. The summed E-state index contributed by atoms with van der Waals surface area (Å²) in [5.41, 5.74) is 3.47. The van der Waals surface area contributed by atoms with Crippen molar-refractivity contribution in [2.75, 3.05) is 20.1 Å². The summed E-state index contributed by atoms with van der Waals surface area (Å²) in [4.78, 5) is 4.57. The molecule has 2 atom stereocenters.